The van der Waals surface area contributed by atoms with Gasteiger partial charge in [-0.3, -0.25) is 5.32 Å². The zero-order valence-corrected chi connectivity index (χ0v) is 12.6. The van der Waals surface area contributed by atoms with Crippen LogP contribution in [0.4, 0.5) is 23.7 Å². The molecule has 1 aliphatic heterocycles. The summed E-state index contributed by atoms with van der Waals surface area (Å²) in [4.78, 5) is 11.9. The summed E-state index contributed by atoms with van der Waals surface area (Å²) in [7, 11) is 0. The average molecular weight is 359 g/mol. The maximum atomic E-state index is 13.4. The first-order valence-corrected chi connectivity index (χ1v) is 7.05. The molecule has 0 saturated heterocycles. The fourth-order valence-corrected chi connectivity index (χ4v) is 2.16. The van der Waals surface area contributed by atoms with E-state index in [0.29, 0.717) is 5.02 Å². The zero-order valence-electron chi connectivity index (χ0n) is 11.9. The number of carbonyl (C=O) groups is 1. The Hall–Kier alpha value is -2.61. The van der Waals surface area contributed by atoms with Crippen molar-refractivity contribution in [1.82, 2.24) is 5.32 Å². The predicted octanol–water partition coefficient (Wildman–Crippen LogP) is 4.15. The van der Waals surface area contributed by atoms with Crippen molar-refractivity contribution in [2.45, 2.75) is 12.1 Å². The normalized spacial score (nSPS) is 15.0. The third-order valence-electron chi connectivity index (χ3n) is 3.11. The average Bonchev–Trinajstić information content (AvgIpc) is 2.88. The van der Waals surface area contributed by atoms with Crippen molar-refractivity contribution in [3.05, 3.63) is 53.6 Å². The highest BCUT2D eigenvalue weighted by Gasteiger charge is 2.65. The lowest BCUT2D eigenvalue weighted by atomic mass is 10.3. The van der Waals surface area contributed by atoms with Crippen molar-refractivity contribution in [2.24, 2.45) is 0 Å². The van der Waals surface area contributed by atoms with E-state index in [2.05, 4.69) is 5.32 Å². The molecule has 5 nitrogen and oxygen atoms in total. The monoisotopic (exact) mass is 358 g/mol. The SMILES string of the molecule is O=C(Nc1ccc(Cl)cc1)NC1(C(F)(F)F)Oc2ccccc2O1. The molecule has 2 aromatic carbocycles. The summed E-state index contributed by atoms with van der Waals surface area (Å²) in [6.45, 7) is 0. The molecule has 0 aliphatic carbocycles. The van der Waals surface area contributed by atoms with E-state index in [1.54, 1.807) is 5.32 Å². The second-order valence-corrected chi connectivity index (χ2v) is 5.29. The fourth-order valence-electron chi connectivity index (χ4n) is 2.03. The summed E-state index contributed by atoms with van der Waals surface area (Å²) < 4.78 is 50.0. The van der Waals surface area contributed by atoms with Gasteiger partial charge in [0.25, 0.3) is 0 Å². The molecule has 0 fully saturated rings. The fraction of sp³-hybridized carbons (Fsp3) is 0.133. The molecule has 2 amide bonds. The number of halogens is 4. The molecule has 126 valence electrons. The highest BCUT2D eigenvalue weighted by molar-refractivity contribution is 6.30. The topological polar surface area (TPSA) is 59.6 Å². The van der Waals surface area contributed by atoms with Crippen LogP contribution in [0, 0.1) is 0 Å². The lowest BCUT2D eigenvalue weighted by molar-refractivity contribution is -0.317. The highest BCUT2D eigenvalue weighted by Crippen LogP contribution is 2.44. The van der Waals surface area contributed by atoms with Gasteiger partial charge in [-0.25, -0.2) is 4.79 Å². The van der Waals surface area contributed by atoms with Gasteiger partial charge in [0, 0.05) is 10.7 Å². The molecule has 0 aromatic heterocycles. The summed E-state index contributed by atoms with van der Waals surface area (Å²) in [5, 5.41) is 4.36. The maximum absolute atomic E-state index is 13.4. The van der Waals surface area contributed by atoms with E-state index in [1.165, 1.54) is 48.5 Å². The van der Waals surface area contributed by atoms with Gasteiger partial charge in [-0.05, 0) is 36.4 Å². The van der Waals surface area contributed by atoms with E-state index in [1.807, 2.05) is 0 Å². The van der Waals surface area contributed by atoms with E-state index in [0.717, 1.165) is 0 Å². The molecule has 0 bridgehead atoms. The van der Waals surface area contributed by atoms with E-state index >= 15 is 0 Å². The molecule has 24 heavy (non-hydrogen) atoms. The number of hydrogen-bond donors (Lipinski definition) is 2. The van der Waals surface area contributed by atoms with E-state index in [9.17, 15) is 18.0 Å². The number of urea groups is 1. The molecule has 0 atom stereocenters. The molecule has 0 radical (unpaired) electrons. The summed E-state index contributed by atoms with van der Waals surface area (Å²) in [6, 6.07) is 10.3. The first kappa shape index (κ1) is 16.3. The van der Waals surface area contributed by atoms with Crippen LogP contribution in [0.5, 0.6) is 11.5 Å². The lowest BCUT2D eigenvalue weighted by Gasteiger charge is -2.29. The molecule has 0 saturated carbocycles. The zero-order chi connectivity index (χ0) is 17.4. The quantitative estimate of drug-likeness (QED) is 0.848. The standard InChI is InChI=1S/C15H10ClF3N2O3/c16-9-5-7-10(8-6-9)20-13(22)21-15(14(17,18)19)23-11-3-1-2-4-12(11)24-15/h1-8H,(H2,20,21,22). The van der Waals surface area contributed by atoms with Crippen molar-refractivity contribution in [3.63, 3.8) is 0 Å². The molecule has 9 heteroatoms. The number of carbonyl (C=O) groups excluding carboxylic acids is 1. The van der Waals surface area contributed by atoms with Crippen LogP contribution in [0.25, 0.3) is 0 Å². The second-order valence-electron chi connectivity index (χ2n) is 4.85. The summed E-state index contributed by atoms with van der Waals surface area (Å²) >= 11 is 5.70. The van der Waals surface area contributed by atoms with Crippen molar-refractivity contribution in [3.8, 4) is 11.5 Å². The van der Waals surface area contributed by atoms with Gasteiger partial charge in [-0.2, -0.15) is 13.2 Å². The third-order valence-corrected chi connectivity index (χ3v) is 3.36. The molecule has 0 spiro atoms. The number of rotatable bonds is 2. The minimum atomic E-state index is -5.01. The Balaban J connectivity index is 1.79. The Morgan fingerprint density at radius 3 is 2.04 bits per heavy atom. The smallest absolute Gasteiger partial charge is 0.424 e. The molecular weight excluding hydrogens is 349 g/mol. The number of anilines is 1. The molecule has 1 aliphatic rings. The summed E-state index contributed by atoms with van der Waals surface area (Å²) in [5.74, 6) is -3.55. The first-order valence-electron chi connectivity index (χ1n) is 6.68. The van der Waals surface area contributed by atoms with Gasteiger partial charge in [0.2, 0.25) is 0 Å². The number of benzene rings is 2. The Bertz CT molecular complexity index is 740. The highest BCUT2D eigenvalue weighted by atomic mass is 35.5. The number of ether oxygens (including phenoxy) is 2. The molecule has 1 heterocycles. The van der Waals surface area contributed by atoms with Crippen LogP contribution in [0.2, 0.25) is 5.02 Å². The maximum Gasteiger partial charge on any atom is 0.492 e. The Kier molecular flexibility index (Phi) is 3.92. The second kappa shape index (κ2) is 5.79. The molecule has 3 rings (SSSR count). The van der Waals surface area contributed by atoms with Crippen LogP contribution in [-0.4, -0.2) is 18.1 Å². The van der Waals surface area contributed by atoms with Crippen molar-refractivity contribution in [1.29, 1.82) is 0 Å². The minimum absolute atomic E-state index is 0.124. The Morgan fingerprint density at radius 2 is 1.54 bits per heavy atom. The molecular formula is C15H10ClF3N2O3. The number of alkyl halides is 3. The van der Waals surface area contributed by atoms with E-state index in [-0.39, 0.29) is 17.2 Å². The summed E-state index contributed by atoms with van der Waals surface area (Å²) in [6.07, 6.45) is -5.01. The Morgan fingerprint density at radius 1 is 1.00 bits per heavy atom. The van der Waals surface area contributed by atoms with Crippen LogP contribution in [0.1, 0.15) is 0 Å². The lowest BCUT2D eigenvalue weighted by Crippen LogP contribution is -2.65. The Labute approximate surface area is 139 Å². The minimum Gasteiger partial charge on any atom is -0.424 e. The van der Waals surface area contributed by atoms with Gasteiger partial charge >= 0.3 is 18.1 Å². The third kappa shape index (κ3) is 3.05. The number of para-hydroxylation sites is 2. The van der Waals surface area contributed by atoms with Crippen LogP contribution in [-0.2, 0) is 0 Å². The van der Waals surface area contributed by atoms with Crippen LogP contribution < -0.4 is 20.1 Å². The van der Waals surface area contributed by atoms with Crippen molar-refractivity contribution in [2.75, 3.05) is 5.32 Å². The van der Waals surface area contributed by atoms with E-state index in [4.69, 9.17) is 21.1 Å². The molecule has 0 unspecified atom stereocenters. The number of fused-ring (bicyclic) bond motifs is 1. The summed E-state index contributed by atoms with van der Waals surface area (Å²) in [5.41, 5.74) is 0.254. The van der Waals surface area contributed by atoms with Crippen molar-refractivity contribution >= 4 is 23.3 Å². The van der Waals surface area contributed by atoms with Gasteiger partial charge in [0.05, 0.1) is 0 Å². The van der Waals surface area contributed by atoms with Crippen molar-refractivity contribution < 1.29 is 27.4 Å². The van der Waals surface area contributed by atoms with Gasteiger partial charge < -0.3 is 14.8 Å². The van der Waals surface area contributed by atoms with E-state index < -0.39 is 18.1 Å². The van der Waals surface area contributed by atoms with Crippen LogP contribution in [0.3, 0.4) is 0 Å². The van der Waals surface area contributed by atoms with Crippen LogP contribution >= 0.6 is 11.6 Å². The molecule has 2 N–H and O–H groups in total. The predicted molar refractivity (Wildman–Crippen MR) is 80.1 cm³/mol. The van der Waals surface area contributed by atoms with Gasteiger partial charge in [-0.15, -0.1) is 0 Å². The number of nitrogens with one attached hydrogen (secondary N) is 2. The van der Waals surface area contributed by atoms with Crippen LogP contribution in [0.15, 0.2) is 48.5 Å². The molecule has 2 aromatic rings. The van der Waals surface area contributed by atoms with Gasteiger partial charge in [0.1, 0.15) is 0 Å². The van der Waals surface area contributed by atoms with Gasteiger partial charge in [0.15, 0.2) is 11.5 Å². The number of hydrogen-bond acceptors (Lipinski definition) is 3. The number of amides is 2. The van der Waals surface area contributed by atoms with Gasteiger partial charge in [-0.1, -0.05) is 23.7 Å². The largest absolute Gasteiger partial charge is 0.492 e. The first-order chi connectivity index (χ1) is 11.3.